The minimum absolute atomic E-state index is 0.108. The zero-order valence-corrected chi connectivity index (χ0v) is 17.5. The molecule has 4 heteroatoms. The van der Waals surface area contributed by atoms with E-state index in [9.17, 15) is 10.2 Å². The van der Waals surface area contributed by atoms with Crippen molar-refractivity contribution in [3.8, 4) is 11.5 Å². The van der Waals surface area contributed by atoms with Gasteiger partial charge in [0.25, 0.3) is 0 Å². The number of nitrogens with zero attached hydrogens (tertiary/aromatic N) is 1. The number of hydrogen-bond acceptors (Lipinski definition) is 3. The SMILES string of the molecule is Cc1cc(C=Nc2ccccc2O)c(O)c(P(c2ccccc2)c2ccccc2)c1. The minimum atomic E-state index is -0.931. The molecule has 0 heterocycles. The quantitative estimate of drug-likeness (QED) is 0.362. The van der Waals surface area contributed by atoms with Gasteiger partial charge in [0.15, 0.2) is 0 Å². The van der Waals surface area contributed by atoms with Crippen LogP contribution in [0.4, 0.5) is 5.69 Å². The molecule has 0 radical (unpaired) electrons. The first-order chi connectivity index (χ1) is 14.6. The Kier molecular flexibility index (Phi) is 5.92. The molecule has 0 amide bonds. The molecule has 0 aliphatic carbocycles. The van der Waals surface area contributed by atoms with Gasteiger partial charge in [-0.2, -0.15) is 0 Å². The van der Waals surface area contributed by atoms with Crippen molar-refractivity contribution in [2.75, 3.05) is 0 Å². The van der Waals surface area contributed by atoms with Crippen LogP contribution in [-0.2, 0) is 0 Å². The number of benzene rings is 4. The molecule has 0 aromatic heterocycles. The maximum atomic E-state index is 11.2. The number of hydrogen-bond donors (Lipinski definition) is 2. The van der Waals surface area contributed by atoms with Gasteiger partial charge in [0.2, 0.25) is 0 Å². The number of rotatable bonds is 5. The topological polar surface area (TPSA) is 52.8 Å². The Hall–Kier alpha value is -3.42. The third-order valence-corrected chi connectivity index (χ3v) is 7.21. The lowest BCUT2D eigenvalue weighted by Crippen LogP contribution is -2.21. The van der Waals surface area contributed by atoms with Gasteiger partial charge in [-0.05, 0) is 55.3 Å². The number of phenols is 2. The van der Waals surface area contributed by atoms with Crippen LogP contribution in [0.15, 0.2) is 102 Å². The van der Waals surface area contributed by atoms with Crippen molar-refractivity contribution < 1.29 is 10.2 Å². The standard InChI is InChI=1S/C26H22NO2P/c1-19-16-20(18-27-23-14-8-9-15-24(23)28)26(29)25(17-19)30(21-10-4-2-5-11-21)22-12-6-3-7-13-22/h2-18,28-29H,1H3. The van der Waals surface area contributed by atoms with E-state index in [1.54, 1.807) is 24.4 Å². The Morgan fingerprint density at radius 1 is 0.733 bits per heavy atom. The van der Waals surface area contributed by atoms with Gasteiger partial charge in [0, 0.05) is 17.1 Å². The lowest BCUT2D eigenvalue weighted by atomic mass is 10.1. The van der Waals surface area contributed by atoms with E-state index < -0.39 is 7.92 Å². The van der Waals surface area contributed by atoms with Crippen LogP contribution in [-0.4, -0.2) is 16.4 Å². The van der Waals surface area contributed by atoms with E-state index >= 15 is 0 Å². The van der Waals surface area contributed by atoms with Crippen LogP contribution >= 0.6 is 7.92 Å². The summed E-state index contributed by atoms with van der Waals surface area (Å²) >= 11 is 0. The number of aryl methyl sites for hydroxylation is 1. The molecule has 0 unspecified atom stereocenters. The van der Waals surface area contributed by atoms with Gasteiger partial charge in [0.05, 0.1) is 0 Å². The molecule has 0 fully saturated rings. The van der Waals surface area contributed by atoms with Crippen LogP contribution in [0.2, 0.25) is 0 Å². The third-order valence-electron chi connectivity index (χ3n) is 4.76. The molecule has 0 saturated heterocycles. The van der Waals surface area contributed by atoms with Crippen molar-refractivity contribution in [1.29, 1.82) is 0 Å². The third kappa shape index (κ3) is 4.27. The van der Waals surface area contributed by atoms with E-state index in [0.29, 0.717) is 11.3 Å². The molecule has 4 rings (SSSR count). The van der Waals surface area contributed by atoms with Crippen LogP contribution in [0, 0.1) is 6.92 Å². The van der Waals surface area contributed by atoms with Gasteiger partial charge < -0.3 is 10.2 Å². The van der Waals surface area contributed by atoms with Gasteiger partial charge >= 0.3 is 0 Å². The fourth-order valence-corrected chi connectivity index (χ4v) is 5.82. The van der Waals surface area contributed by atoms with Crippen LogP contribution in [0.5, 0.6) is 11.5 Å². The molecule has 0 saturated carbocycles. The smallest absolute Gasteiger partial charge is 0.141 e. The summed E-state index contributed by atoms with van der Waals surface area (Å²) in [4.78, 5) is 4.40. The summed E-state index contributed by atoms with van der Waals surface area (Å²) < 4.78 is 0. The molecule has 2 N–H and O–H groups in total. The lowest BCUT2D eigenvalue weighted by Gasteiger charge is -2.21. The van der Waals surface area contributed by atoms with Gasteiger partial charge in [-0.1, -0.05) is 72.8 Å². The Bertz CT molecular complexity index is 1130. The van der Waals surface area contributed by atoms with Gasteiger partial charge in [0.1, 0.15) is 17.2 Å². The molecule has 4 aromatic carbocycles. The second kappa shape index (κ2) is 8.94. The Morgan fingerprint density at radius 3 is 1.90 bits per heavy atom. The monoisotopic (exact) mass is 411 g/mol. The molecular weight excluding hydrogens is 389 g/mol. The molecule has 4 aromatic rings. The van der Waals surface area contributed by atoms with Crippen molar-refractivity contribution >= 4 is 35.7 Å². The van der Waals surface area contributed by atoms with Crippen LogP contribution in [0.25, 0.3) is 0 Å². The highest BCUT2D eigenvalue weighted by atomic mass is 31.1. The second-order valence-corrected chi connectivity index (χ2v) is 9.16. The van der Waals surface area contributed by atoms with E-state index in [4.69, 9.17) is 0 Å². The van der Waals surface area contributed by atoms with Crippen molar-refractivity contribution in [3.63, 3.8) is 0 Å². The van der Waals surface area contributed by atoms with Crippen molar-refractivity contribution in [1.82, 2.24) is 0 Å². The maximum absolute atomic E-state index is 11.2. The summed E-state index contributed by atoms with van der Waals surface area (Å²) in [5, 5.41) is 24.4. The predicted molar refractivity (Wildman–Crippen MR) is 127 cm³/mol. The highest BCUT2D eigenvalue weighted by Gasteiger charge is 2.21. The highest BCUT2D eigenvalue weighted by molar-refractivity contribution is 7.80. The van der Waals surface area contributed by atoms with E-state index in [0.717, 1.165) is 10.9 Å². The molecule has 3 nitrogen and oxygen atoms in total. The number of aromatic hydroxyl groups is 2. The molecular formula is C26H22NO2P. The molecule has 0 atom stereocenters. The van der Waals surface area contributed by atoms with E-state index in [2.05, 4.69) is 35.3 Å². The normalized spacial score (nSPS) is 11.3. The second-order valence-electron chi connectivity index (χ2n) is 6.98. The fourth-order valence-electron chi connectivity index (χ4n) is 3.35. The van der Waals surface area contributed by atoms with Gasteiger partial charge in [-0.25, -0.2) is 0 Å². The average molecular weight is 411 g/mol. The molecule has 30 heavy (non-hydrogen) atoms. The first-order valence-corrected chi connectivity index (χ1v) is 11.0. The zero-order valence-electron chi connectivity index (χ0n) is 16.6. The van der Waals surface area contributed by atoms with E-state index in [1.807, 2.05) is 55.5 Å². The number of phenolic OH excluding ortho intramolecular Hbond substituents is 2. The van der Waals surface area contributed by atoms with Crippen molar-refractivity contribution in [3.05, 3.63) is 108 Å². The maximum Gasteiger partial charge on any atom is 0.141 e. The fraction of sp³-hybridized carbons (Fsp3) is 0.0385. The summed E-state index contributed by atoms with van der Waals surface area (Å²) in [7, 11) is -0.931. The zero-order chi connectivity index (χ0) is 20.9. The summed E-state index contributed by atoms with van der Waals surface area (Å²) in [5.41, 5.74) is 2.14. The number of aliphatic imine (C=N–C) groups is 1. The van der Waals surface area contributed by atoms with Gasteiger partial charge in [-0.15, -0.1) is 0 Å². The highest BCUT2D eigenvalue weighted by Crippen LogP contribution is 2.37. The average Bonchev–Trinajstić information content (AvgIpc) is 2.77. The molecule has 148 valence electrons. The first kappa shape index (κ1) is 19.9. The van der Waals surface area contributed by atoms with Crippen molar-refractivity contribution in [2.45, 2.75) is 6.92 Å². The predicted octanol–water partition coefficient (Wildman–Crippen LogP) is 4.92. The minimum Gasteiger partial charge on any atom is -0.507 e. The Morgan fingerprint density at radius 2 is 1.30 bits per heavy atom. The van der Waals surface area contributed by atoms with Crippen LogP contribution in [0.3, 0.4) is 0 Å². The largest absolute Gasteiger partial charge is 0.507 e. The lowest BCUT2D eigenvalue weighted by molar-refractivity contribution is 0.476. The number of para-hydroxylation sites is 2. The Labute approximate surface area is 177 Å². The van der Waals surface area contributed by atoms with Crippen LogP contribution < -0.4 is 15.9 Å². The summed E-state index contributed by atoms with van der Waals surface area (Å²) in [6.45, 7) is 2.02. The molecule has 0 aliphatic heterocycles. The van der Waals surface area contributed by atoms with Crippen molar-refractivity contribution in [2.24, 2.45) is 4.99 Å². The molecule has 0 bridgehead atoms. The molecule has 0 spiro atoms. The summed E-state index contributed by atoms with van der Waals surface area (Å²) in [5.74, 6) is 0.329. The summed E-state index contributed by atoms with van der Waals surface area (Å²) in [6, 6.07) is 31.4. The van der Waals surface area contributed by atoms with Crippen LogP contribution in [0.1, 0.15) is 11.1 Å². The Balaban J connectivity index is 1.84. The van der Waals surface area contributed by atoms with E-state index in [-0.39, 0.29) is 11.5 Å². The summed E-state index contributed by atoms with van der Waals surface area (Å²) in [6.07, 6.45) is 1.62. The van der Waals surface area contributed by atoms with E-state index in [1.165, 1.54) is 10.6 Å². The van der Waals surface area contributed by atoms with Gasteiger partial charge in [-0.3, -0.25) is 4.99 Å². The molecule has 0 aliphatic rings. The first-order valence-electron chi connectivity index (χ1n) is 9.69.